The second kappa shape index (κ2) is 4.88. The molecule has 3 nitrogen and oxygen atoms in total. The highest BCUT2D eigenvalue weighted by Gasteiger charge is 2.35. The Bertz CT molecular complexity index is 651. The zero-order chi connectivity index (χ0) is 14.9. The molecule has 0 heterocycles. The molecule has 6 heteroatoms. The molecule has 0 bridgehead atoms. The Labute approximate surface area is 112 Å². The maximum Gasteiger partial charge on any atom is 0.417 e. The molecule has 0 radical (unpaired) electrons. The molecule has 0 spiro atoms. The van der Waals surface area contributed by atoms with E-state index < -0.39 is 23.4 Å². The van der Waals surface area contributed by atoms with Crippen LogP contribution >= 0.6 is 0 Å². The zero-order valence-corrected chi connectivity index (χ0v) is 10.1. The van der Waals surface area contributed by atoms with Crippen LogP contribution in [0, 0.1) is 0 Å². The van der Waals surface area contributed by atoms with Gasteiger partial charge in [-0.1, -0.05) is 30.3 Å². The summed E-state index contributed by atoms with van der Waals surface area (Å²) in [5.74, 6) is -1.37. The fourth-order valence-electron chi connectivity index (χ4n) is 1.96. The summed E-state index contributed by atoms with van der Waals surface area (Å²) >= 11 is 0. The average Bonchev–Trinajstić information content (AvgIpc) is 2.37. The van der Waals surface area contributed by atoms with E-state index in [2.05, 4.69) is 0 Å². The normalized spacial score (nSPS) is 11.3. The Morgan fingerprint density at radius 1 is 1.05 bits per heavy atom. The largest absolute Gasteiger partial charge is 0.478 e. The van der Waals surface area contributed by atoms with Gasteiger partial charge in [-0.3, -0.25) is 0 Å². The highest BCUT2D eigenvalue weighted by molar-refractivity contribution is 5.99. The smallest absolute Gasteiger partial charge is 0.417 e. The van der Waals surface area contributed by atoms with E-state index in [1.54, 1.807) is 18.2 Å². The molecule has 0 unspecified atom stereocenters. The third-order valence-corrected chi connectivity index (χ3v) is 2.84. The summed E-state index contributed by atoms with van der Waals surface area (Å²) in [6, 6.07) is 9.27. The van der Waals surface area contributed by atoms with Gasteiger partial charge in [0.2, 0.25) is 0 Å². The van der Waals surface area contributed by atoms with Crippen molar-refractivity contribution in [1.82, 2.24) is 0 Å². The molecule has 0 aliphatic carbocycles. The van der Waals surface area contributed by atoms with Gasteiger partial charge in [-0.05, 0) is 17.7 Å². The van der Waals surface area contributed by atoms with Crippen molar-refractivity contribution in [3.63, 3.8) is 0 Å². The first-order valence-electron chi connectivity index (χ1n) is 5.60. The summed E-state index contributed by atoms with van der Waals surface area (Å²) in [5, 5.41) is 8.97. The van der Waals surface area contributed by atoms with Gasteiger partial charge in [0.05, 0.1) is 16.8 Å². The van der Waals surface area contributed by atoms with Gasteiger partial charge in [0.1, 0.15) is 0 Å². The maximum atomic E-state index is 13.0. The number of carboxylic acid groups (broad SMARTS) is 1. The topological polar surface area (TPSA) is 63.3 Å². The van der Waals surface area contributed by atoms with Gasteiger partial charge in [0, 0.05) is 5.56 Å². The molecule has 3 N–H and O–H groups in total. The number of nitrogen functional groups attached to an aromatic ring is 1. The lowest BCUT2D eigenvalue weighted by atomic mass is 9.94. The van der Waals surface area contributed by atoms with Crippen LogP contribution in [0.4, 0.5) is 18.9 Å². The molecule has 2 aromatic carbocycles. The molecule has 0 aromatic heterocycles. The Morgan fingerprint density at radius 2 is 1.65 bits per heavy atom. The zero-order valence-electron chi connectivity index (χ0n) is 10.1. The van der Waals surface area contributed by atoms with E-state index in [9.17, 15) is 18.0 Å². The molecule has 2 aromatic rings. The lowest BCUT2D eigenvalue weighted by Crippen LogP contribution is -2.12. The van der Waals surface area contributed by atoms with Crippen LogP contribution < -0.4 is 5.73 Å². The van der Waals surface area contributed by atoms with Gasteiger partial charge < -0.3 is 10.8 Å². The Balaban J connectivity index is 2.80. The standard InChI is InChI=1S/C14H10F3NO2/c15-14(16,17)10-7-6-9(13(19)20)12(18)11(10)8-4-2-1-3-5-8/h1-7H,18H2,(H,19,20). The maximum absolute atomic E-state index is 13.0. The van der Waals surface area contributed by atoms with E-state index in [0.29, 0.717) is 0 Å². The van der Waals surface area contributed by atoms with Gasteiger partial charge in [0.25, 0.3) is 0 Å². The van der Waals surface area contributed by atoms with Gasteiger partial charge in [-0.15, -0.1) is 0 Å². The fraction of sp³-hybridized carbons (Fsp3) is 0.0714. The van der Waals surface area contributed by atoms with Crippen molar-refractivity contribution in [1.29, 1.82) is 0 Å². The number of hydrogen-bond acceptors (Lipinski definition) is 2. The molecule has 0 aliphatic heterocycles. The highest BCUT2D eigenvalue weighted by atomic mass is 19.4. The first-order valence-corrected chi connectivity index (χ1v) is 5.60. The molecule has 0 amide bonds. The SMILES string of the molecule is Nc1c(C(=O)O)ccc(C(F)(F)F)c1-c1ccccc1. The van der Waals surface area contributed by atoms with Crippen molar-refractivity contribution >= 4 is 11.7 Å². The fourth-order valence-corrected chi connectivity index (χ4v) is 1.96. The number of nitrogens with two attached hydrogens (primary N) is 1. The van der Waals surface area contributed by atoms with Crippen LogP contribution in [0.3, 0.4) is 0 Å². The Morgan fingerprint density at radius 3 is 2.15 bits per heavy atom. The average molecular weight is 281 g/mol. The number of rotatable bonds is 2. The van der Waals surface area contributed by atoms with Crippen molar-refractivity contribution in [3.05, 3.63) is 53.6 Å². The number of aromatic carboxylic acids is 1. The number of halogens is 3. The molecular formula is C14H10F3NO2. The molecule has 0 fully saturated rings. The summed E-state index contributed by atoms with van der Waals surface area (Å²) in [6.07, 6.45) is -4.61. The van der Waals surface area contributed by atoms with Crippen molar-refractivity contribution in [2.45, 2.75) is 6.18 Å². The van der Waals surface area contributed by atoms with E-state index in [4.69, 9.17) is 10.8 Å². The second-order valence-corrected chi connectivity index (χ2v) is 4.12. The number of alkyl halides is 3. The molecule has 104 valence electrons. The summed E-state index contributed by atoms with van der Waals surface area (Å²) in [7, 11) is 0. The molecular weight excluding hydrogens is 271 g/mol. The number of benzene rings is 2. The van der Waals surface area contributed by atoms with E-state index in [-0.39, 0.29) is 16.7 Å². The minimum absolute atomic E-state index is 0.223. The number of carboxylic acids is 1. The van der Waals surface area contributed by atoms with E-state index in [1.165, 1.54) is 12.1 Å². The number of anilines is 1. The Hall–Kier alpha value is -2.50. The van der Waals surface area contributed by atoms with Gasteiger partial charge >= 0.3 is 12.1 Å². The third kappa shape index (κ3) is 2.45. The third-order valence-electron chi connectivity index (χ3n) is 2.84. The number of hydrogen-bond donors (Lipinski definition) is 2. The van der Waals surface area contributed by atoms with Crippen LogP contribution in [0.15, 0.2) is 42.5 Å². The predicted octanol–water partition coefficient (Wildman–Crippen LogP) is 3.65. The van der Waals surface area contributed by atoms with Crippen molar-refractivity contribution in [2.75, 3.05) is 5.73 Å². The molecule has 20 heavy (non-hydrogen) atoms. The molecule has 0 saturated heterocycles. The first-order chi connectivity index (χ1) is 9.32. The predicted molar refractivity (Wildman–Crippen MR) is 68.3 cm³/mol. The lowest BCUT2D eigenvalue weighted by Gasteiger charge is -2.16. The summed E-state index contributed by atoms with van der Waals surface area (Å²) < 4.78 is 39.1. The number of carbonyl (C=O) groups is 1. The van der Waals surface area contributed by atoms with Gasteiger partial charge in [-0.2, -0.15) is 13.2 Å². The molecule has 2 rings (SSSR count). The second-order valence-electron chi connectivity index (χ2n) is 4.12. The van der Waals surface area contributed by atoms with Crippen LogP contribution in [0.5, 0.6) is 0 Å². The molecule has 0 atom stereocenters. The van der Waals surface area contributed by atoms with Crippen molar-refractivity contribution in [2.24, 2.45) is 0 Å². The monoisotopic (exact) mass is 281 g/mol. The quantitative estimate of drug-likeness (QED) is 0.826. The first kappa shape index (κ1) is 13.9. The van der Waals surface area contributed by atoms with E-state index in [0.717, 1.165) is 12.1 Å². The van der Waals surface area contributed by atoms with Crippen LogP contribution in [-0.4, -0.2) is 11.1 Å². The van der Waals surface area contributed by atoms with Crippen LogP contribution in [0.25, 0.3) is 11.1 Å². The lowest BCUT2D eigenvalue weighted by molar-refractivity contribution is -0.137. The Kier molecular flexibility index (Phi) is 3.40. The summed E-state index contributed by atoms with van der Waals surface area (Å²) in [5.41, 5.74) is 3.86. The van der Waals surface area contributed by atoms with Crippen LogP contribution in [0.1, 0.15) is 15.9 Å². The van der Waals surface area contributed by atoms with Gasteiger partial charge in [0.15, 0.2) is 0 Å². The van der Waals surface area contributed by atoms with Gasteiger partial charge in [-0.25, -0.2) is 4.79 Å². The minimum Gasteiger partial charge on any atom is -0.478 e. The van der Waals surface area contributed by atoms with Crippen LogP contribution in [0.2, 0.25) is 0 Å². The highest BCUT2D eigenvalue weighted by Crippen LogP contribution is 2.41. The van der Waals surface area contributed by atoms with Crippen molar-refractivity contribution < 1.29 is 23.1 Å². The van der Waals surface area contributed by atoms with Crippen LogP contribution in [-0.2, 0) is 6.18 Å². The van der Waals surface area contributed by atoms with Crippen molar-refractivity contribution in [3.8, 4) is 11.1 Å². The summed E-state index contributed by atoms with van der Waals surface area (Å²) in [6.45, 7) is 0. The minimum atomic E-state index is -4.61. The van der Waals surface area contributed by atoms with E-state index >= 15 is 0 Å². The molecule has 0 saturated carbocycles. The van der Waals surface area contributed by atoms with E-state index in [1.807, 2.05) is 0 Å². The molecule has 0 aliphatic rings. The summed E-state index contributed by atoms with van der Waals surface area (Å²) in [4.78, 5) is 11.0.